The van der Waals surface area contributed by atoms with Gasteiger partial charge in [-0.2, -0.15) is 0 Å². The molecule has 0 aromatic heterocycles. The summed E-state index contributed by atoms with van der Waals surface area (Å²) in [5, 5.41) is 0. The third-order valence-corrected chi connectivity index (χ3v) is 4.43. The van der Waals surface area contributed by atoms with Gasteiger partial charge in [0.25, 0.3) is 0 Å². The minimum atomic E-state index is -1.79. The number of hydrogen-bond donors (Lipinski definition) is 0. The zero-order valence-electron chi connectivity index (χ0n) is 7.00. The molecule has 2 nitrogen and oxygen atoms in total. The first kappa shape index (κ1) is 8.29. The van der Waals surface area contributed by atoms with Crippen molar-refractivity contribution in [3.63, 3.8) is 0 Å². The van der Waals surface area contributed by atoms with Gasteiger partial charge in [-0.3, -0.25) is 0 Å². The molecule has 0 N–H and O–H groups in total. The Morgan fingerprint density at radius 1 is 1.50 bits per heavy atom. The van der Waals surface area contributed by atoms with E-state index in [4.69, 9.17) is 0 Å². The topological polar surface area (TPSA) is 20.3 Å². The molecule has 0 aliphatic carbocycles. The third-order valence-electron chi connectivity index (χ3n) is 2.25. The number of nitrogens with zero attached hydrogens (tertiary/aromatic N) is 1. The summed E-state index contributed by atoms with van der Waals surface area (Å²) in [6, 6.07) is 0. The van der Waals surface area contributed by atoms with E-state index < -0.39 is 7.14 Å². The lowest BCUT2D eigenvalue weighted by atomic mass is 10.4. The van der Waals surface area contributed by atoms with Gasteiger partial charge in [0.1, 0.15) is 0 Å². The number of rotatable bonds is 1. The molecule has 10 heavy (non-hydrogen) atoms. The summed E-state index contributed by atoms with van der Waals surface area (Å²) in [5.41, 5.74) is 0.470. The lowest BCUT2D eigenvalue weighted by Crippen LogP contribution is -2.16. The number of likely N-dealkylation sites (tertiary alicyclic amines) is 1. The molecular formula is C7H16NOP. The second-order valence-corrected chi connectivity index (χ2v) is 7.24. The SMILES string of the molecule is CN1CCC(P(C)(C)=O)C1. The van der Waals surface area contributed by atoms with Gasteiger partial charge in [0.05, 0.1) is 7.14 Å². The first-order valence-corrected chi connectivity index (χ1v) is 6.40. The van der Waals surface area contributed by atoms with Crippen LogP contribution in [0.4, 0.5) is 0 Å². The second-order valence-electron chi connectivity index (χ2n) is 3.64. The first-order valence-electron chi connectivity index (χ1n) is 3.73. The molecule has 0 radical (unpaired) electrons. The van der Waals surface area contributed by atoms with Crippen LogP contribution in [0.15, 0.2) is 0 Å². The summed E-state index contributed by atoms with van der Waals surface area (Å²) in [4.78, 5) is 2.25. The van der Waals surface area contributed by atoms with Gasteiger partial charge in [-0.25, -0.2) is 0 Å². The van der Waals surface area contributed by atoms with Gasteiger partial charge in [-0.1, -0.05) is 0 Å². The molecule has 3 heteroatoms. The van der Waals surface area contributed by atoms with Crippen molar-refractivity contribution in [2.75, 3.05) is 33.5 Å². The van der Waals surface area contributed by atoms with Crippen molar-refractivity contribution in [3.05, 3.63) is 0 Å². The minimum absolute atomic E-state index is 0.470. The molecule has 0 bridgehead atoms. The van der Waals surface area contributed by atoms with Crippen LogP contribution in [0.1, 0.15) is 6.42 Å². The lowest BCUT2D eigenvalue weighted by Gasteiger charge is -2.14. The zero-order valence-corrected chi connectivity index (χ0v) is 7.90. The summed E-state index contributed by atoms with van der Waals surface area (Å²) in [5.74, 6) is 0. The van der Waals surface area contributed by atoms with E-state index in [1.165, 1.54) is 0 Å². The molecule has 1 unspecified atom stereocenters. The summed E-state index contributed by atoms with van der Waals surface area (Å²) in [7, 11) is 0.301. The Bertz CT molecular complexity index is 163. The van der Waals surface area contributed by atoms with Crippen LogP contribution in [0, 0.1) is 0 Å². The fourth-order valence-corrected chi connectivity index (χ4v) is 2.83. The van der Waals surface area contributed by atoms with Crippen LogP contribution in [-0.4, -0.2) is 44.0 Å². The van der Waals surface area contributed by atoms with Gasteiger partial charge >= 0.3 is 0 Å². The minimum Gasteiger partial charge on any atom is -0.324 e. The Morgan fingerprint density at radius 3 is 2.30 bits per heavy atom. The molecule has 1 rings (SSSR count). The lowest BCUT2D eigenvalue weighted by molar-refractivity contribution is 0.417. The van der Waals surface area contributed by atoms with Gasteiger partial charge in [-0.05, 0) is 33.3 Å². The van der Waals surface area contributed by atoms with Crippen molar-refractivity contribution in [3.8, 4) is 0 Å². The van der Waals surface area contributed by atoms with Crippen LogP contribution in [0.25, 0.3) is 0 Å². The standard InChI is InChI=1S/C7H16NOP/c1-8-5-4-7(6-8)10(2,3)9/h7H,4-6H2,1-3H3. The summed E-state index contributed by atoms with van der Waals surface area (Å²) < 4.78 is 11.5. The predicted octanol–water partition coefficient (Wildman–Crippen LogP) is 1.31. The quantitative estimate of drug-likeness (QED) is 0.540. The highest BCUT2D eigenvalue weighted by Gasteiger charge is 2.28. The highest BCUT2D eigenvalue weighted by atomic mass is 31.2. The third kappa shape index (κ3) is 1.83. The van der Waals surface area contributed by atoms with Crippen molar-refractivity contribution in [2.24, 2.45) is 0 Å². The van der Waals surface area contributed by atoms with Gasteiger partial charge in [-0.15, -0.1) is 0 Å². The monoisotopic (exact) mass is 161 g/mol. The average Bonchev–Trinajstić information content (AvgIpc) is 2.11. The Hall–Kier alpha value is 0.190. The molecule has 0 aromatic carbocycles. The molecule has 1 aliphatic rings. The normalized spacial score (nSPS) is 29.3. The maximum Gasteiger partial charge on any atom is 0.0861 e. The highest BCUT2D eigenvalue weighted by molar-refractivity contribution is 7.63. The van der Waals surface area contributed by atoms with E-state index in [2.05, 4.69) is 11.9 Å². The highest BCUT2D eigenvalue weighted by Crippen LogP contribution is 2.46. The molecule has 60 valence electrons. The van der Waals surface area contributed by atoms with Gasteiger partial charge in [0, 0.05) is 12.2 Å². The van der Waals surface area contributed by atoms with Crippen LogP contribution < -0.4 is 0 Å². The van der Waals surface area contributed by atoms with Crippen molar-refractivity contribution in [1.82, 2.24) is 4.90 Å². The predicted molar refractivity (Wildman–Crippen MR) is 45.4 cm³/mol. The van der Waals surface area contributed by atoms with Gasteiger partial charge in [0.15, 0.2) is 0 Å². The molecule has 0 amide bonds. The van der Waals surface area contributed by atoms with E-state index in [9.17, 15) is 4.57 Å². The van der Waals surface area contributed by atoms with Crippen LogP contribution in [0.3, 0.4) is 0 Å². The first-order chi connectivity index (χ1) is 4.50. The molecule has 0 aromatic rings. The Balaban J connectivity index is 2.53. The largest absolute Gasteiger partial charge is 0.324 e. The smallest absolute Gasteiger partial charge is 0.0861 e. The maximum absolute atomic E-state index is 11.5. The molecule has 1 fully saturated rings. The Kier molecular flexibility index (Phi) is 2.21. The van der Waals surface area contributed by atoms with Crippen LogP contribution in [0.5, 0.6) is 0 Å². The van der Waals surface area contributed by atoms with Crippen molar-refractivity contribution in [2.45, 2.75) is 12.1 Å². The van der Waals surface area contributed by atoms with E-state index in [0.29, 0.717) is 5.66 Å². The number of hydrogen-bond acceptors (Lipinski definition) is 2. The molecule has 1 aliphatic heterocycles. The molecule has 0 spiro atoms. The molecule has 0 saturated carbocycles. The fourth-order valence-electron chi connectivity index (χ4n) is 1.42. The van der Waals surface area contributed by atoms with E-state index in [1.54, 1.807) is 0 Å². The van der Waals surface area contributed by atoms with E-state index in [0.717, 1.165) is 19.5 Å². The summed E-state index contributed by atoms with van der Waals surface area (Å²) in [6.07, 6.45) is 1.13. The van der Waals surface area contributed by atoms with Crippen molar-refractivity contribution >= 4 is 7.14 Å². The van der Waals surface area contributed by atoms with Gasteiger partial charge < -0.3 is 9.46 Å². The summed E-state index contributed by atoms with van der Waals surface area (Å²) in [6.45, 7) is 5.95. The molecule has 1 saturated heterocycles. The van der Waals surface area contributed by atoms with Crippen LogP contribution >= 0.6 is 7.14 Å². The van der Waals surface area contributed by atoms with Crippen LogP contribution in [0.2, 0.25) is 0 Å². The van der Waals surface area contributed by atoms with Crippen LogP contribution in [-0.2, 0) is 4.57 Å². The van der Waals surface area contributed by atoms with Crippen molar-refractivity contribution < 1.29 is 4.57 Å². The van der Waals surface area contributed by atoms with E-state index >= 15 is 0 Å². The van der Waals surface area contributed by atoms with E-state index in [-0.39, 0.29) is 0 Å². The van der Waals surface area contributed by atoms with Crippen molar-refractivity contribution in [1.29, 1.82) is 0 Å². The zero-order chi connectivity index (χ0) is 7.78. The van der Waals surface area contributed by atoms with Gasteiger partial charge in [0.2, 0.25) is 0 Å². The average molecular weight is 161 g/mol. The Labute approximate surface area is 63.0 Å². The molecule has 1 atom stereocenters. The molecule has 1 heterocycles. The summed E-state index contributed by atoms with van der Waals surface area (Å²) >= 11 is 0. The second kappa shape index (κ2) is 2.67. The fraction of sp³-hybridized carbons (Fsp3) is 1.00. The molecular weight excluding hydrogens is 145 g/mol. The maximum atomic E-state index is 11.5. The Morgan fingerprint density at radius 2 is 2.10 bits per heavy atom. The van der Waals surface area contributed by atoms with E-state index in [1.807, 2.05) is 13.3 Å².